The molecule has 1 aliphatic rings. The molecule has 3 aromatic rings. The summed E-state index contributed by atoms with van der Waals surface area (Å²) in [5.74, 6) is -0.141. The number of thiazole rings is 1. The minimum Gasteiger partial charge on any atom is -0.284 e. The lowest BCUT2D eigenvalue weighted by molar-refractivity contribution is -0.116. The van der Waals surface area contributed by atoms with Crippen LogP contribution in [0.3, 0.4) is 0 Å². The van der Waals surface area contributed by atoms with Gasteiger partial charge in [0, 0.05) is 35.3 Å². The predicted octanol–water partition coefficient (Wildman–Crippen LogP) is 3.44. The molecule has 0 radical (unpaired) electrons. The molecule has 27 heavy (non-hydrogen) atoms. The van der Waals surface area contributed by atoms with Crippen LogP contribution in [0.15, 0.2) is 46.6 Å². The molecule has 0 unspecified atom stereocenters. The molecule has 4 rings (SSSR count). The Morgan fingerprint density at radius 1 is 1.19 bits per heavy atom. The zero-order valence-corrected chi connectivity index (χ0v) is 16.5. The van der Waals surface area contributed by atoms with Crippen molar-refractivity contribution in [3.63, 3.8) is 0 Å². The summed E-state index contributed by atoms with van der Waals surface area (Å²) in [5, 5.41) is 0.626. The third-order valence-corrected chi connectivity index (χ3v) is 6.56. The van der Waals surface area contributed by atoms with Crippen LogP contribution in [0.5, 0.6) is 0 Å². The molecule has 0 N–H and O–H groups in total. The first-order valence-electron chi connectivity index (χ1n) is 8.37. The van der Waals surface area contributed by atoms with Crippen LogP contribution in [0.25, 0.3) is 17.0 Å². The van der Waals surface area contributed by atoms with E-state index in [1.807, 2.05) is 11.6 Å². The highest BCUT2D eigenvalue weighted by molar-refractivity contribution is 7.90. The maximum atomic E-state index is 12.5. The first-order valence-corrected chi connectivity index (χ1v) is 11.1. The Labute approximate surface area is 161 Å². The van der Waals surface area contributed by atoms with Crippen molar-refractivity contribution in [2.45, 2.75) is 24.7 Å². The van der Waals surface area contributed by atoms with Crippen molar-refractivity contribution in [1.29, 1.82) is 0 Å². The van der Waals surface area contributed by atoms with Gasteiger partial charge in [-0.25, -0.2) is 13.4 Å². The summed E-state index contributed by atoms with van der Waals surface area (Å²) in [6.07, 6.45) is 6.27. The van der Waals surface area contributed by atoms with E-state index in [4.69, 9.17) is 0 Å². The molecular weight excluding hydrogens is 382 g/mol. The number of fused-ring (bicyclic) bond motifs is 2. The number of allylic oxidation sites excluding steroid dienone is 1. The van der Waals surface area contributed by atoms with E-state index in [2.05, 4.69) is 9.97 Å². The number of hydrogen-bond donors (Lipinski definition) is 0. The molecule has 8 heteroatoms. The molecule has 1 aromatic carbocycles. The molecular formula is C19H17N3O3S2. The van der Waals surface area contributed by atoms with Crippen LogP contribution < -0.4 is 4.90 Å². The summed E-state index contributed by atoms with van der Waals surface area (Å²) in [6.45, 7) is 1.50. The van der Waals surface area contributed by atoms with Gasteiger partial charge >= 0.3 is 0 Å². The van der Waals surface area contributed by atoms with E-state index in [0.29, 0.717) is 23.0 Å². The fraction of sp³-hybridized carbons (Fsp3) is 0.211. The maximum Gasteiger partial charge on any atom is 0.228 e. The standard InChI is InChI=1S/C19H17N3O3S2/c1-12(23)22(13-3-6-19-17(9-13)21-11-26-19)18-7-8-20-16-5-4-14(10-15(16)18)27(2,24)25/h4-5,7-11H,3,6H2,1-2H3. The van der Waals surface area contributed by atoms with Gasteiger partial charge in [-0.2, -0.15) is 0 Å². The van der Waals surface area contributed by atoms with Crippen LogP contribution in [-0.4, -0.2) is 30.5 Å². The van der Waals surface area contributed by atoms with Gasteiger partial charge in [0.2, 0.25) is 5.91 Å². The van der Waals surface area contributed by atoms with Gasteiger partial charge in [0.05, 0.1) is 27.3 Å². The summed E-state index contributed by atoms with van der Waals surface area (Å²) in [6, 6.07) is 6.53. The van der Waals surface area contributed by atoms with Crippen LogP contribution in [-0.2, 0) is 21.1 Å². The van der Waals surface area contributed by atoms with Gasteiger partial charge in [-0.15, -0.1) is 11.3 Å². The number of aryl methyl sites for hydroxylation is 1. The fourth-order valence-corrected chi connectivity index (χ4v) is 4.69. The zero-order valence-electron chi connectivity index (χ0n) is 14.8. The normalized spacial score (nSPS) is 13.9. The summed E-state index contributed by atoms with van der Waals surface area (Å²) in [5.41, 5.74) is 4.81. The lowest BCUT2D eigenvalue weighted by atomic mass is 10.0. The number of carbonyl (C=O) groups is 1. The van der Waals surface area contributed by atoms with Crippen molar-refractivity contribution >= 4 is 49.7 Å². The molecule has 6 nitrogen and oxygen atoms in total. The van der Waals surface area contributed by atoms with E-state index in [-0.39, 0.29) is 10.8 Å². The van der Waals surface area contributed by atoms with E-state index < -0.39 is 9.84 Å². The van der Waals surface area contributed by atoms with Gasteiger partial charge < -0.3 is 0 Å². The number of carbonyl (C=O) groups excluding carboxylic acids is 1. The number of rotatable bonds is 3. The van der Waals surface area contributed by atoms with Crippen molar-refractivity contribution in [2.75, 3.05) is 11.2 Å². The van der Waals surface area contributed by atoms with Crippen LogP contribution in [0.2, 0.25) is 0 Å². The van der Waals surface area contributed by atoms with Crippen LogP contribution >= 0.6 is 11.3 Å². The second-order valence-electron chi connectivity index (χ2n) is 6.43. The van der Waals surface area contributed by atoms with E-state index in [9.17, 15) is 13.2 Å². The first-order chi connectivity index (χ1) is 12.8. The summed E-state index contributed by atoms with van der Waals surface area (Å²) < 4.78 is 24.0. The number of amides is 1. The van der Waals surface area contributed by atoms with Crippen LogP contribution in [0.4, 0.5) is 5.69 Å². The summed E-state index contributed by atoms with van der Waals surface area (Å²) in [7, 11) is -3.37. The number of pyridine rings is 1. The smallest absolute Gasteiger partial charge is 0.228 e. The Bertz CT molecular complexity index is 1200. The summed E-state index contributed by atoms with van der Waals surface area (Å²) in [4.78, 5) is 24.3. The molecule has 0 saturated carbocycles. The second-order valence-corrected chi connectivity index (χ2v) is 9.39. The molecule has 1 aliphatic carbocycles. The van der Waals surface area contributed by atoms with Gasteiger partial charge in [-0.05, 0) is 43.2 Å². The van der Waals surface area contributed by atoms with Gasteiger partial charge in [0.25, 0.3) is 0 Å². The maximum absolute atomic E-state index is 12.5. The van der Waals surface area contributed by atoms with E-state index in [0.717, 1.165) is 17.8 Å². The van der Waals surface area contributed by atoms with Gasteiger partial charge in [-0.1, -0.05) is 0 Å². The molecule has 0 bridgehead atoms. The molecule has 0 aliphatic heterocycles. The SMILES string of the molecule is CC(=O)N(C1=Cc2ncsc2CC1)c1ccnc2ccc(S(C)(=O)=O)cc12. The Hall–Kier alpha value is -2.58. The second kappa shape index (κ2) is 6.54. The fourth-order valence-electron chi connectivity index (χ4n) is 3.29. The average Bonchev–Trinajstić information content (AvgIpc) is 3.08. The van der Waals surface area contributed by atoms with E-state index >= 15 is 0 Å². The topological polar surface area (TPSA) is 80.2 Å². The molecule has 138 valence electrons. The van der Waals surface area contributed by atoms with Gasteiger partial charge in [0.15, 0.2) is 9.84 Å². The van der Waals surface area contributed by atoms with Crippen molar-refractivity contribution in [3.8, 4) is 0 Å². The highest BCUT2D eigenvalue weighted by atomic mass is 32.2. The zero-order chi connectivity index (χ0) is 19.2. The summed E-state index contributed by atoms with van der Waals surface area (Å²) >= 11 is 1.61. The Morgan fingerprint density at radius 3 is 2.74 bits per heavy atom. The molecule has 2 aromatic heterocycles. The number of nitrogens with zero attached hydrogens (tertiary/aromatic N) is 3. The lowest BCUT2D eigenvalue weighted by Gasteiger charge is -2.27. The van der Waals surface area contributed by atoms with Crippen molar-refractivity contribution < 1.29 is 13.2 Å². The van der Waals surface area contributed by atoms with Crippen molar-refractivity contribution in [3.05, 3.63) is 52.2 Å². The van der Waals surface area contributed by atoms with Gasteiger partial charge in [0.1, 0.15) is 0 Å². The highest BCUT2D eigenvalue weighted by Crippen LogP contribution is 2.34. The molecule has 0 spiro atoms. The Morgan fingerprint density at radius 2 is 2.00 bits per heavy atom. The molecule has 2 heterocycles. The minimum atomic E-state index is -3.37. The van der Waals surface area contributed by atoms with Crippen molar-refractivity contribution in [2.24, 2.45) is 0 Å². The molecule has 0 fully saturated rings. The number of anilines is 1. The van der Waals surface area contributed by atoms with Gasteiger partial charge in [-0.3, -0.25) is 14.7 Å². The van der Waals surface area contributed by atoms with E-state index in [1.165, 1.54) is 24.1 Å². The quantitative estimate of drug-likeness (QED) is 0.674. The molecule has 0 saturated heterocycles. The largest absolute Gasteiger partial charge is 0.284 e. The van der Waals surface area contributed by atoms with Crippen LogP contribution in [0.1, 0.15) is 23.9 Å². The van der Waals surface area contributed by atoms with Crippen LogP contribution in [0, 0.1) is 0 Å². The lowest BCUT2D eigenvalue weighted by Crippen LogP contribution is -2.29. The molecule has 0 atom stereocenters. The van der Waals surface area contributed by atoms with E-state index in [1.54, 1.807) is 40.6 Å². The minimum absolute atomic E-state index is 0.141. The third kappa shape index (κ3) is 3.26. The number of benzene rings is 1. The predicted molar refractivity (Wildman–Crippen MR) is 106 cm³/mol. The molecule has 1 amide bonds. The number of aromatic nitrogens is 2. The highest BCUT2D eigenvalue weighted by Gasteiger charge is 2.24. The average molecular weight is 399 g/mol. The first kappa shape index (κ1) is 17.8. The Balaban J connectivity index is 1.92. The Kier molecular flexibility index (Phi) is 4.32. The monoisotopic (exact) mass is 399 g/mol. The number of hydrogen-bond acceptors (Lipinski definition) is 6. The third-order valence-electron chi connectivity index (χ3n) is 4.55. The number of sulfone groups is 1. The van der Waals surface area contributed by atoms with Crippen molar-refractivity contribution in [1.82, 2.24) is 9.97 Å².